The highest BCUT2D eigenvalue weighted by Gasteiger charge is 2.34. The van der Waals surface area contributed by atoms with Crippen molar-refractivity contribution in [3.8, 4) is 11.8 Å². The zero-order valence-electron chi connectivity index (χ0n) is 22.9. The highest BCUT2D eigenvalue weighted by molar-refractivity contribution is 5.78. The van der Waals surface area contributed by atoms with Crippen LogP contribution in [0, 0.1) is 24.2 Å². The predicted octanol–water partition coefficient (Wildman–Crippen LogP) is 6.02. The molecule has 1 aliphatic heterocycles. The number of hydrogen-bond donors (Lipinski definition) is 3. The van der Waals surface area contributed by atoms with Crippen molar-refractivity contribution in [1.29, 1.82) is 5.41 Å². The van der Waals surface area contributed by atoms with E-state index in [1.165, 1.54) is 12.3 Å². The van der Waals surface area contributed by atoms with E-state index in [4.69, 9.17) is 5.41 Å². The molecule has 0 amide bonds. The zero-order valence-corrected chi connectivity index (χ0v) is 22.9. The van der Waals surface area contributed by atoms with Gasteiger partial charge in [-0.2, -0.15) is 13.2 Å². The van der Waals surface area contributed by atoms with Crippen molar-refractivity contribution in [2.75, 3.05) is 38.5 Å². The van der Waals surface area contributed by atoms with Gasteiger partial charge < -0.3 is 20.6 Å². The number of alkyl halides is 3. The molecule has 208 valence electrons. The minimum atomic E-state index is -4.45. The van der Waals surface area contributed by atoms with Gasteiger partial charge in [0.05, 0.1) is 11.8 Å². The molecule has 0 unspecified atom stereocenters. The standard InChI is InChI=1S/C31H33F3N6/c1-4-29(24-8-7-22(2)23(18-24)9-12-27-20-36-30(38-27)6-5-13-35)37-26-11-10-25(28(19-26)31(32,33)34)21-40-16-14-39(3)15-17-40/h4-8,10-11,13,18-20,35,37H,14-17,21H2,1-3H3,(H,36,38)/b6-5-,29-4-,35-13?. The van der Waals surface area contributed by atoms with E-state index < -0.39 is 11.7 Å². The van der Waals surface area contributed by atoms with Gasteiger partial charge in [0, 0.05) is 55.9 Å². The van der Waals surface area contributed by atoms with E-state index in [1.54, 1.807) is 30.5 Å². The van der Waals surface area contributed by atoms with Crippen LogP contribution in [-0.4, -0.2) is 59.2 Å². The highest BCUT2D eigenvalue weighted by Crippen LogP contribution is 2.35. The van der Waals surface area contributed by atoms with E-state index in [-0.39, 0.29) is 12.1 Å². The van der Waals surface area contributed by atoms with Crippen LogP contribution in [0.5, 0.6) is 0 Å². The van der Waals surface area contributed by atoms with E-state index >= 15 is 0 Å². The van der Waals surface area contributed by atoms with Crippen LogP contribution in [-0.2, 0) is 12.7 Å². The molecule has 0 spiro atoms. The fraction of sp³-hybridized carbons (Fsp3) is 0.290. The molecular formula is C31H33F3N6. The number of imidazole rings is 1. The van der Waals surface area contributed by atoms with Gasteiger partial charge >= 0.3 is 6.18 Å². The second-order valence-corrected chi connectivity index (χ2v) is 9.76. The van der Waals surface area contributed by atoms with Crippen molar-refractivity contribution >= 4 is 23.7 Å². The van der Waals surface area contributed by atoms with E-state index in [9.17, 15) is 13.2 Å². The Labute approximate surface area is 233 Å². The summed E-state index contributed by atoms with van der Waals surface area (Å²) in [5.74, 6) is 6.83. The summed E-state index contributed by atoms with van der Waals surface area (Å²) in [6, 6.07) is 10.3. The molecule has 3 aromatic rings. The van der Waals surface area contributed by atoms with Crippen LogP contribution in [0.4, 0.5) is 18.9 Å². The Morgan fingerprint density at radius 3 is 2.60 bits per heavy atom. The molecule has 3 N–H and O–H groups in total. The van der Waals surface area contributed by atoms with Crippen LogP contribution >= 0.6 is 0 Å². The average Bonchev–Trinajstić information content (AvgIpc) is 3.39. The molecule has 4 rings (SSSR count). The van der Waals surface area contributed by atoms with E-state index in [1.807, 2.05) is 45.2 Å². The molecule has 1 fully saturated rings. The van der Waals surface area contributed by atoms with Gasteiger partial charge in [0.1, 0.15) is 11.5 Å². The van der Waals surface area contributed by atoms with Gasteiger partial charge in [-0.3, -0.25) is 4.90 Å². The first-order valence-electron chi connectivity index (χ1n) is 13.1. The second-order valence-electron chi connectivity index (χ2n) is 9.76. The Balaban J connectivity index is 1.55. The Morgan fingerprint density at radius 1 is 1.12 bits per heavy atom. The van der Waals surface area contributed by atoms with E-state index in [0.717, 1.165) is 42.9 Å². The summed E-state index contributed by atoms with van der Waals surface area (Å²) < 4.78 is 42.2. The number of aromatic amines is 1. The number of anilines is 1. The van der Waals surface area contributed by atoms with Gasteiger partial charge in [-0.05, 0) is 73.9 Å². The third-order valence-corrected chi connectivity index (χ3v) is 6.80. The predicted molar refractivity (Wildman–Crippen MR) is 155 cm³/mol. The van der Waals surface area contributed by atoms with Crippen molar-refractivity contribution in [2.45, 2.75) is 26.6 Å². The van der Waals surface area contributed by atoms with Crippen LogP contribution in [0.3, 0.4) is 0 Å². The fourth-order valence-electron chi connectivity index (χ4n) is 4.45. The summed E-state index contributed by atoms with van der Waals surface area (Å²) in [4.78, 5) is 11.5. The number of benzene rings is 2. The minimum Gasteiger partial charge on any atom is -0.355 e. The average molecular weight is 547 g/mol. The number of H-pyrrole nitrogens is 1. The van der Waals surface area contributed by atoms with Crippen LogP contribution in [0.25, 0.3) is 11.8 Å². The third-order valence-electron chi connectivity index (χ3n) is 6.80. The smallest absolute Gasteiger partial charge is 0.355 e. The highest BCUT2D eigenvalue weighted by atomic mass is 19.4. The third kappa shape index (κ3) is 7.50. The summed E-state index contributed by atoms with van der Waals surface area (Å²) in [5.41, 5.74) is 3.94. The first kappa shape index (κ1) is 28.9. The number of allylic oxidation sites excluding steroid dienone is 2. The van der Waals surface area contributed by atoms with E-state index in [0.29, 0.717) is 22.9 Å². The number of hydrogen-bond acceptors (Lipinski definition) is 5. The quantitative estimate of drug-likeness (QED) is 0.250. The van der Waals surface area contributed by atoms with Gasteiger partial charge in [0.15, 0.2) is 0 Å². The maximum absolute atomic E-state index is 14.1. The SMILES string of the molecule is C/C=C(\Nc1ccc(CN2CCN(C)CC2)c(C(F)(F)F)c1)c1ccc(C)c(C#Cc2cnc(/C=C\C=N)[nH]2)c1. The normalized spacial score (nSPS) is 15.2. The molecule has 1 aliphatic rings. The van der Waals surface area contributed by atoms with E-state index in [2.05, 4.69) is 36.9 Å². The lowest BCUT2D eigenvalue weighted by molar-refractivity contribution is -0.138. The number of piperazine rings is 1. The van der Waals surface area contributed by atoms with Crippen LogP contribution in [0.2, 0.25) is 0 Å². The summed E-state index contributed by atoms with van der Waals surface area (Å²) in [7, 11) is 2.02. The molecular weight excluding hydrogens is 513 g/mol. The molecule has 9 heteroatoms. The summed E-state index contributed by atoms with van der Waals surface area (Å²) in [5, 5.41) is 10.3. The van der Waals surface area contributed by atoms with Crippen molar-refractivity contribution in [3.05, 3.63) is 94.1 Å². The second kappa shape index (κ2) is 12.8. The van der Waals surface area contributed by atoms with Gasteiger partial charge in [-0.1, -0.05) is 30.2 Å². The molecule has 1 saturated heterocycles. The van der Waals surface area contributed by atoms with Gasteiger partial charge in [0.25, 0.3) is 0 Å². The number of nitrogens with one attached hydrogen (secondary N) is 3. The molecule has 1 aromatic heterocycles. The molecule has 0 aliphatic carbocycles. The first-order valence-corrected chi connectivity index (χ1v) is 13.1. The molecule has 0 atom stereocenters. The van der Waals surface area contributed by atoms with Crippen molar-refractivity contribution < 1.29 is 13.2 Å². The fourth-order valence-corrected chi connectivity index (χ4v) is 4.45. The molecule has 0 radical (unpaired) electrons. The van der Waals surface area contributed by atoms with Crippen LogP contribution in [0.1, 0.15) is 46.3 Å². The number of aromatic nitrogens is 2. The molecule has 0 saturated carbocycles. The zero-order chi connectivity index (χ0) is 28.7. The molecule has 40 heavy (non-hydrogen) atoms. The molecule has 2 aromatic carbocycles. The lowest BCUT2D eigenvalue weighted by Crippen LogP contribution is -2.44. The topological polar surface area (TPSA) is 71.0 Å². The number of likely N-dealkylation sites (N-methyl/N-ethyl adjacent to an activating group) is 1. The Morgan fingerprint density at radius 2 is 1.90 bits per heavy atom. The van der Waals surface area contributed by atoms with Crippen molar-refractivity contribution in [3.63, 3.8) is 0 Å². The summed E-state index contributed by atoms with van der Waals surface area (Å²) in [6.07, 6.45) is 3.42. The minimum absolute atomic E-state index is 0.274. The van der Waals surface area contributed by atoms with Crippen molar-refractivity contribution in [1.82, 2.24) is 19.8 Å². The Bertz CT molecular complexity index is 1460. The lowest BCUT2D eigenvalue weighted by atomic mass is 10.0. The van der Waals surface area contributed by atoms with Crippen molar-refractivity contribution in [2.24, 2.45) is 0 Å². The van der Waals surface area contributed by atoms with Crippen LogP contribution in [0.15, 0.2) is 54.7 Å². The maximum atomic E-state index is 14.1. The molecule has 0 bridgehead atoms. The Hall–Kier alpha value is -4.13. The number of nitrogens with zero attached hydrogens (tertiary/aromatic N) is 3. The van der Waals surface area contributed by atoms with Gasteiger partial charge in [-0.15, -0.1) is 0 Å². The number of aryl methyl sites for hydroxylation is 1. The number of rotatable bonds is 7. The Kier molecular flexibility index (Phi) is 9.25. The van der Waals surface area contributed by atoms with Gasteiger partial charge in [0.2, 0.25) is 0 Å². The summed E-state index contributed by atoms with van der Waals surface area (Å²) >= 11 is 0. The lowest BCUT2D eigenvalue weighted by Gasteiger charge is -2.33. The van der Waals surface area contributed by atoms with Crippen LogP contribution < -0.4 is 5.32 Å². The van der Waals surface area contributed by atoms with Gasteiger partial charge in [-0.25, -0.2) is 4.98 Å². The molecule has 2 heterocycles. The summed E-state index contributed by atoms with van der Waals surface area (Å²) in [6.45, 7) is 7.26. The number of halogens is 3. The first-order chi connectivity index (χ1) is 19.2. The monoisotopic (exact) mass is 546 g/mol. The molecule has 6 nitrogen and oxygen atoms in total. The largest absolute Gasteiger partial charge is 0.416 e. The maximum Gasteiger partial charge on any atom is 0.416 e.